The van der Waals surface area contributed by atoms with Gasteiger partial charge in [0.05, 0.1) is 17.2 Å². The minimum atomic E-state index is -2.91. The standard InChI is InChI=1S/C12H18N4O2S2/c1-9-8-20(17,18)7-5-15(9)11-10(2-3-13)16-4-6-19-12(16)14-11/h4,6,9H,2-3,5,7-8,13H2,1H3. The van der Waals surface area contributed by atoms with Gasteiger partial charge in [0.25, 0.3) is 0 Å². The Morgan fingerprint density at radius 2 is 2.35 bits per heavy atom. The van der Waals surface area contributed by atoms with Crippen LogP contribution in [-0.4, -0.2) is 48.4 Å². The van der Waals surface area contributed by atoms with Crippen LogP contribution in [0, 0.1) is 0 Å². The van der Waals surface area contributed by atoms with Crippen molar-refractivity contribution in [2.24, 2.45) is 5.73 Å². The Kier molecular flexibility index (Phi) is 3.47. The molecule has 2 N–H and O–H groups in total. The van der Waals surface area contributed by atoms with Gasteiger partial charge in [-0.2, -0.15) is 0 Å². The number of aromatic nitrogens is 2. The van der Waals surface area contributed by atoms with Gasteiger partial charge in [-0.3, -0.25) is 4.40 Å². The molecule has 2 aromatic rings. The van der Waals surface area contributed by atoms with Crippen molar-refractivity contribution in [3.05, 3.63) is 17.3 Å². The number of imidazole rings is 1. The normalized spacial score (nSPS) is 22.5. The van der Waals surface area contributed by atoms with Gasteiger partial charge in [0.2, 0.25) is 0 Å². The smallest absolute Gasteiger partial charge is 0.195 e. The fourth-order valence-electron chi connectivity index (χ4n) is 2.73. The number of nitrogens with two attached hydrogens (primary N) is 1. The summed E-state index contributed by atoms with van der Waals surface area (Å²) in [4.78, 5) is 7.71. The lowest BCUT2D eigenvalue weighted by atomic mass is 10.2. The number of anilines is 1. The van der Waals surface area contributed by atoms with E-state index in [2.05, 4.69) is 14.3 Å². The fourth-order valence-corrected chi connectivity index (χ4v) is 5.02. The molecule has 0 bridgehead atoms. The van der Waals surface area contributed by atoms with Crippen molar-refractivity contribution in [1.82, 2.24) is 9.38 Å². The molecule has 20 heavy (non-hydrogen) atoms. The third-order valence-electron chi connectivity index (χ3n) is 3.66. The minimum Gasteiger partial charge on any atom is -0.350 e. The van der Waals surface area contributed by atoms with E-state index >= 15 is 0 Å². The number of hydrogen-bond donors (Lipinski definition) is 1. The highest BCUT2D eigenvalue weighted by atomic mass is 32.2. The Hall–Kier alpha value is -1.12. The quantitative estimate of drug-likeness (QED) is 0.893. The molecular weight excluding hydrogens is 296 g/mol. The first-order valence-electron chi connectivity index (χ1n) is 6.63. The first-order valence-corrected chi connectivity index (χ1v) is 9.33. The van der Waals surface area contributed by atoms with Crippen molar-refractivity contribution in [3.8, 4) is 0 Å². The van der Waals surface area contributed by atoms with Crippen LogP contribution in [0.1, 0.15) is 12.6 Å². The summed E-state index contributed by atoms with van der Waals surface area (Å²) in [6, 6.07) is -0.0464. The van der Waals surface area contributed by atoms with E-state index in [4.69, 9.17) is 5.73 Å². The van der Waals surface area contributed by atoms with Gasteiger partial charge in [-0.25, -0.2) is 13.4 Å². The fraction of sp³-hybridized carbons (Fsp3) is 0.583. The molecule has 0 aromatic carbocycles. The van der Waals surface area contributed by atoms with Gasteiger partial charge in [-0.05, 0) is 13.5 Å². The molecule has 2 aromatic heterocycles. The summed E-state index contributed by atoms with van der Waals surface area (Å²) in [6.07, 6.45) is 2.73. The number of nitrogens with zero attached hydrogens (tertiary/aromatic N) is 3. The lowest BCUT2D eigenvalue weighted by Crippen LogP contribution is -2.47. The van der Waals surface area contributed by atoms with Gasteiger partial charge in [-0.15, -0.1) is 11.3 Å². The Balaban J connectivity index is 2.01. The molecule has 3 heterocycles. The largest absolute Gasteiger partial charge is 0.350 e. The van der Waals surface area contributed by atoms with Crippen LogP contribution in [0.3, 0.4) is 0 Å². The lowest BCUT2D eigenvalue weighted by Gasteiger charge is -2.34. The molecule has 1 saturated heterocycles. The molecule has 110 valence electrons. The van der Waals surface area contributed by atoms with Crippen molar-refractivity contribution in [2.45, 2.75) is 19.4 Å². The number of sulfone groups is 1. The third-order valence-corrected chi connectivity index (χ3v) is 6.21. The molecule has 1 atom stereocenters. The van der Waals surface area contributed by atoms with Crippen LogP contribution in [0.4, 0.5) is 5.82 Å². The second-order valence-electron chi connectivity index (χ2n) is 5.13. The first kappa shape index (κ1) is 13.8. The van der Waals surface area contributed by atoms with E-state index in [1.807, 2.05) is 18.5 Å². The maximum atomic E-state index is 11.7. The van der Waals surface area contributed by atoms with Crippen LogP contribution in [0.15, 0.2) is 11.6 Å². The van der Waals surface area contributed by atoms with Crippen LogP contribution in [0.5, 0.6) is 0 Å². The summed E-state index contributed by atoms with van der Waals surface area (Å²) in [5, 5.41) is 2.00. The molecule has 0 aliphatic carbocycles. The molecule has 0 radical (unpaired) electrons. The Labute approximate surface area is 122 Å². The second kappa shape index (κ2) is 5.01. The molecule has 1 aliphatic heterocycles. The molecule has 1 unspecified atom stereocenters. The summed E-state index contributed by atoms with van der Waals surface area (Å²) in [7, 11) is -2.91. The van der Waals surface area contributed by atoms with Crippen LogP contribution >= 0.6 is 11.3 Å². The van der Waals surface area contributed by atoms with Gasteiger partial charge in [-0.1, -0.05) is 0 Å². The highest BCUT2D eigenvalue weighted by Crippen LogP contribution is 2.28. The zero-order valence-corrected chi connectivity index (χ0v) is 13.0. The zero-order valence-electron chi connectivity index (χ0n) is 11.3. The molecule has 0 saturated carbocycles. The molecule has 3 rings (SSSR count). The average molecular weight is 314 g/mol. The van der Waals surface area contributed by atoms with Crippen LogP contribution < -0.4 is 10.6 Å². The predicted molar refractivity (Wildman–Crippen MR) is 81.3 cm³/mol. The summed E-state index contributed by atoms with van der Waals surface area (Å²) in [5.74, 6) is 1.29. The van der Waals surface area contributed by atoms with Gasteiger partial charge in [0, 0.05) is 30.6 Å². The maximum absolute atomic E-state index is 11.7. The molecule has 8 heteroatoms. The van der Waals surface area contributed by atoms with Crippen molar-refractivity contribution < 1.29 is 8.42 Å². The van der Waals surface area contributed by atoms with Crippen molar-refractivity contribution in [1.29, 1.82) is 0 Å². The summed E-state index contributed by atoms with van der Waals surface area (Å²) < 4.78 is 25.5. The second-order valence-corrected chi connectivity index (χ2v) is 8.23. The highest BCUT2D eigenvalue weighted by molar-refractivity contribution is 7.91. The van der Waals surface area contributed by atoms with Gasteiger partial charge in [0.15, 0.2) is 20.6 Å². The van der Waals surface area contributed by atoms with E-state index in [0.717, 1.165) is 22.9 Å². The van der Waals surface area contributed by atoms with E-state index in [1.165, 1.54) is 0 Å². The molecule has 1 aliphatic rings. The van der Waals surface area contributed by atoms with E-state index in [0.29, 0.717) is 13.1 Å². The summed E-state index contributed by atoms with van der Waals surface area (Å²) in [6.45, 7) is 3.00. The molecule has 0 spiro atoms. The number of thiazole rings is 1. The van der Waals surface area contributed by atoms with Gasteiger partial charge >= 0.3 is 0 Å². The number of rotatable bonds is 3. The molecule has 1 fully saturated rings. The van der Waals surface area contributed by atoms with Crippen LogP contribution in [-0.2, 0) is 16.3 Å². The molecule has 6 nitrogen and oxygen atoms in total. The van der Waals surface area contributed by atoms with Crippen molar-refractivity contribution in [2.75, 3.05) is 29.5 Å². The summed E-state index contributed by atoms with van der Waals surface area (Å²) >= 11 is 1.58. The van der Waals surface area contributed by atoms with Crippen LogP contribution in [0.25, 0.3) is 4.96 Å². The minimum absolute atomic E-state index is 0.0464. The summed E-state index contributed by atoms with van der Waals surface area (Å²) in [5.41, 5.74) is 6.78. The Bertz CT molecular complexity index is 719. The van der Waals surface area contributed by atoms with E-state index in [1.54, 1.807) is 11.3 Å². The maximum Gasteiger partial charge on any atom is 0.195 e. The SMILES string of the molecule is CC1CS(=O)(=O)CCN1c1nc2sccn2c1CCN. The molecular formula is C12H18N4O2S2. The highest BCUT2D eigenvalue weighted by Gasteiger charge is 2.31. The average Bonchev–Trinajstić information content (AvgIpc) is 2.91. The number of hydrogen-bond acceptors (Lipinski definition) is 6. The predicted octanol–water partition coefficient (Wildman–Crippen LogP) is 0.520. The van der Waals surface area contributed by atoms with E-state index < -0.39 is 9.84 Å². The van der Waals surface area contributed by atoms with Crippen molar-refractivity contribution in [3.63, 3.8) is 0 Å². The van der Waals surface area contributed by atoms with E-state index in [9.17, 15) is 8.42 Å². The Morgan fingerprint density at radius 1 is 1.55 bits per heavy atom. The zero-order chi connectivity index (χ0) is 14.3. The van der Waals surface area contributed by atoms with Crippen molar-refractivity contribution >= 4 is 32.0 Å². The molecule has 0 amide bonds. The Morgan fingerprint density at radius 3 is 3.05 bits per heavy atom. The monoisotopic (exact) mass is 314 g/mol. The third kappa shape index (κ3) is 2.32. The van der Waals surface area contributed by atoms with Crippen LogP contribution in [0.2, 0.25) is 0 Å². The van der Waals surface area contributed by atoms with Gasteiger partial charge < -0.3 is 10.6 Å². The van der Waals surface area contributed by atoms with E-state index in [-0.39, 0.29) is 17.5 Å². The lowest BCUT2D eigenvalue weighted by molar-refractivity contribution is 0.566. The number of fused-ring (bicyclic) bond motifs is 1. The van der Waals surface area contributed by atoms with Gasteiger partial charge in [0.1, 0.15) is 0 Å². The first-order chi connectivity index (χ1) is 9.52. The topological polar surface area (TPSA) is 80.7 Å².